The van der Waals surface area contributed by atoms with Gasteiger partial charge >= 0.3 is 0 Å². The molecule has 0 aliphatic heterocycles. The molecule has 90 valence electrons. The van der Waals surface area contributed by atoms with Crippen molar-refractivity contribution in [2.45, 2.75) is 19.9 Å². The zero-order valence-electron chi connectivity index (χ0n) is 9.76. The van der Waals surface area contributed by atoms with Gasteiger partial charge in [0.05, 0.1) is 11.7 Å². The van der Waals surface area contributed by atoms with E-state index in [4.69, 9.17) is 0 Å². The lowest BCUT2D eigenvalue weighted by atomic mass is 10.3. The fourth-order valence-electron chi connectivity index (χ4n) is 1.66. The van der Waals surface area contributed by atoms with Gasteiger partial charge in [-0.2, -0.15) is 4.68 Å². The highest BCUT2D eigenvalue weighted by Gasteiger charge is 2.15. The van der Waals surface area contributed by atoms with Crippen LogP contribution in [0.2, 0.25) is 0 Å². The predicted octanol–water partition coefficient (Wildman–Crippen LogP) is 1.94. The molecule has 5 nitrogen and oxygen atoms in total. The van der Waals surface area contributed by atoms with Crippen LogP contribution >= 0.6 is 22.6 Å². The first kappa shape index (κ1) is 12.4. The number of hydrogen-bond acceptors (Lipinski definition) is 4. The lowest BCUT2D eigenvalue weighted by molar-refractivity contribution is 0.550. The van der Waals surface area contributed by atoms with Crippen LogP contribution in [0, 0.1) is 3.57 Å². The molecule has 0 fully saturated rings. The van der Waals surface area contributed by atoms with E-state index in [0.29, 0.717) is 0 Å². The summed E-state index contributed by atoms with van der Waals surface area (Å²) in [7, 11) is 0. The van der Waals surface area contributed by atoms with Gasteiger partial charge in [0.25, 0.3) is 0 Å². The Hall–Kier alpha value is -1.02. The van der Waals surface area contributed by atoms with Crippen LogP contribution in [0.3, 0.4) is 0 Å². The highest BCUT2D eigenvalue weighted by molar-refractivity contribution is 14.1. The van der Waals surface area contributed by atoms with Crippen molar-refractivity contribution in [2.24, 2.45) is 0 Å². The topological polar surface area (TPSA) is 55.6 Å². The van der Waals surface area contributed by atoms with Gasteiger partial charge in [0, 0.05) is 3.57 Å². The van der Waals surface area contributed by atoms with Gasteiger partial charge in [-0.3, -0.25) is 0 Å². The Bertz CT molecular complexity index is 496. The largest absolute Gasteiger partial charge is 0.308 e. The molecule has 1 aromatic carbocycles. The monoisotopic (exact) mass is 343 g/mol. The van der Waals surface area contributed by atoms with Crippen LogP contribution in [0.1, 0.15) is 25.7 Å². The summed E-state index contributed by atoms with van der Waals surface area (Å²) in [6.45, 7) is 5.01. The van der Waals surface area contributed by atoms with Crippen LogP contribution in [-0.2, 0) is 0 Å². The summed E-state index contributed by atoms with van der Waals surface area (Å²) < 4.78 is 2.91. The van der Waals surface area contributed by atoms with E-state index in [2.05, 4.69) is 57.3 Å². The highest BCUT2D eigenvalue weighted by Crippen LogP contribution is 2.18. The van der Waals surface area contributed by atoms with Crippen molar-refractivity contribution in [3.8, 4) is 5.69 Å². The van der Waals surface area contributed by atoms with Crippen molar-refractivity contribution in [1.82, 2.24) is 25.5 Å². The number of hydrogen-bond donors (Lipinski definition) is 1. The smallest absolute Gasteiger partial charge is 0.173 e. The summed E-state index contributed by atoms with van der Waals surface area (Å²) in [6, 6.07) is 8.18. The average molecular weight is 343 g/mol. The van der Waals surface area contributed by atoms with E-state index in [0.717, 1.165) is 21.6 Å². The lowest BCUT2D eigenvalue weighted by Gasteiger charge is -2.12. The van der Waals surface area contributed by atoms with Crippen LogP contribution < -0.4 is 5.32 Å². The maximum atomic E-state index is 4.09. The minimum Gasteiger partial charge on any atom is -0.308 e. The number of nitrogens with one attached hydrogen (secondary N) is 1. The summed E-state index contributed by atoms with van der Waals surface area (Å²) >= 11 is 2.29. The van der Waals surface area contributed by atoms with Gasteiger partial charge in [0.1, 0.15) is 0 Å². The van der Waals surface area contributed by atoms with Crippen LogP contribution in [0.4, 0.5) is 0 Å². The Labute approximate surface area is 114 Å². The average Bonchev–Trinajstić information content (AvgIpc) is 2.79. The maximum Gasteiger partial charge on any atom is 0.173 e. The number of halogens is 1. The van der Waals surface area contributed by atoms with E-state index >= 15 is 0 Å². The Morgan fingerprint density at radius 2 is 2.18 bits per heavy atom. The van der Waals surface area contributed by atoms with E-state index in [1.165, 1.54) is 0 Å². The molecule has 17 heavy (non-hydrogen) atoms. The van der Waals surface area contributed by atoms with E-state index < -0.39 is 0 Å². The van der Waals surface area contributed by atoms with E-state index in [-0.39, 0.29) is 6.04 Å². The highest BCUT2D eigenvalue weighted by atomic mass is 127. The minimum atomic E-state index is 0.131. The first-order valence-electron chi connectivity index (χ1n) is 5.50. The molecule has 0 aliphatic carbocycles. The summed E-state index contributed by atoms with van der Waals surface area (Å²) in [5, 5.41) is 15.2. The maximum absolute atomic E-state index is 4.09. The normalized spacial score (nSPS) is 12.6. The Balaban J connectivity index is 2.40. The van der Waals surface area contributed by atoms with Crippen LogP contribution in [-0.4, -0.2) is 26.8 Å². The van der Waals surface area contributed by atoms with Gasteiger partial charge in [-0.25, -0.2) is 0 Å². The summed E-state index contributed by atoms with van der Waals surface area (Å²) in [5.41, 5.74) is 1.01. The van der Waals surface area contributed by atoms with Gasteiger partial charge in [-0.1, -0.05) is 19.1 Å². The molecule has 1 unspecified atom stereocenters. The van der Waals surface area contributed by atoms with E-state index in [1.54, 1.807) is 4.68 Å². The van der Waals surface area contributed by atoms with Crippen molar-refractivity contribution >= 4 is 22.6 Å². The molecule has 1 N–H and O–H groups in total. The molecule has 2 aromatic rings. The standard InChI is InChI=1S/C11H14IN5/c1-3-13-8(2)11-14-15-16-17(11)10-7-5-4-6-9(10)12/h4-8,13H,3H2,1-2H3. The molecule has 0 amide bonds. The third-order valence-electron chi connectivity index (χ3n) is 2.47. The van der Waals surface area contributed by atoms with Gasteiger partial charge in [0.15, 0.2) is 5.82 Å². The Morgan fingerprint density at radius 3 is 2.88 bits per heavy atom. The quantitative estimate of drug-likeness (QED) is 0.862. The van der Waals surface area contributed by atoms with Gasteiger partial charge in [0.2, 0.25) is 0 Å². The molecule has 0 aliphatic rings. The van der Waals surface area contributed by atoms with E-state index in [9.17, 15) is 0 Å². The van der Waals surface area contributed by atoms with Crippen molar-refractivity contribution in [3.05, 3.63) is 33.7 Å². The van der Waals surface area contributed by atoms with Crippen LogP contribution in [0.5, 0.6) is 0 Å². The lowest BCUT2D eigenvalue weighted by Crippen LogP contribution is -2.21. The fraction of sp³-hybridized carbons (Fsp3) is 0.364. The number of rotatable bonds is 4. The third-order valence-corrected chi connectivity index (χ3v) is 3.38. The second-order valence-corrected chi connectivity index (χ2v) is 4.84. The fourth-order valence-corrected chi connectivity index (χ4v) is 2.27. The number of tetrazole rings is 1. The molecule has 0 radical (unpaired) electrons. The summed E-state index contributed by atoms with van der Waals surface area (Å²) in [4.78, 5) is 0. The first-order chi connectivity index (χ1) is 8.24. The Morgan fingerprint density at radius 1 is 1.41 bits per heavy atom. The first-order valence-corrected chi connectivity index (χ1v) is 6.58. The third kappa shape index (κ3) is 2.63. The van der Waals surface area contributed by atoms with Gasteiger partial charge < -0.3 is 5.32 Å². The second-order valence-electron chi connectivity index (χ2n) is 3.68. The molecular weight excluding hydrogens is 329 g/mol. The number of para-hydroxylation sites is 1. The molecule has 0 saturated heterocycles. The SMILES string of the molecule is CCNC(C)c1nnnn1-c1ccccc1I. The number of aromatic nitrogens is 4. The van der Waals surface area contributed by atoms with Crippen molar-refractivity contribution in [3.63, 3.8) is 0 Å². The molecule has 1 atom stereocenters. The number of nitrogens with zero attached hydrogens (tertiary/aromatic N) is 4. The van der Waals surface area contributed by atoms with Crippen LogP contribution in [0.25, 0.3) is 5.69 Å². The molecule has 1 aromatic heterocycles. The molecule has 1 heterocycles. The minimum absolute atomic E-state index is 0.131. The zero-order chi connectivity index (χ0) is 12.3. The van der Waals surface area contributed by atoms with E-state index in [1.807, 2.05) is 24.3 Å². The molecule has 0 bridgehead atoms. The second kappa shape index (κ2) is 5.54. The molecular formula is C11H14IN5. The van der Waals surface area contributed by atoms with Crippen LogP contribution in [0.15, 0.2) is 24.3 Å². The van der Waals surface area contributed by atoms with Gasteiger partial charge in [-0.15, -0.1) is 5.10 Å². The Kier molecular flexibility index (Phi) is 4.06. The summed E-state index contributed by atoms with van der Waals surface area (Å²) in [5.74, 6) is 0.830. The molecule has 2 rings (SSSR count). The van der Waals surface area contributed by atoms with Crippen molar-refractivity contribution in [2.75, 3.05) is 6.54 Å². The molecule has 0 spiro atoms. The predicted molar refractivity (Wildman–Crippen MR) is 74.0 cm³/mol. The van der Waals surface area contributed by atoms with Crippen molar-refractivity contribution < 1.29 is 0 Å². The summed E-state index contributed by atoms with van der Waals surface area (Å²) in [6.07, 6.45) is 0. The molecule has 6 heteroatoms. The van der Waals surface area contributed by atoms with Crippen molar-refractivity contribution in [1.29, 1.82) is 0 Å². The zero-order valence-corrected chi connectivity index (χ0v) is 11.9. The van der Waals surface area contributed by atoms with Gasteiger partial charge in [-0.05, 0) is 58.6 Å². The molecule has 0 saturated carbocycles. The number of benzene rings is 1.